The fourth-order valence-corrected chi connectivity index (χ4v) is 4.89. The first kappa shape index (κ1) is 20.6. The summed E-state index contributed by atoms with van der Waals surface area (Å²) >= 11 is 7.51. The van der Waals surface area contributed by atoms with Crippen LogP contribution in [0.3, 0.4) is 0 Å². The van der Waals surface area contributed by atoms with Crippen molar-refractivity contribution in [3.05, 3.63) is 93.4 Å². The van der Waals surface area contributed by atoms with E-state index in [0.29, 0.717) is 27.8 Å². The van der Waals surface area contributed by atoms with Gasteiger partial charge in [-0.3, -0.25) is 9.59 Å². The lowest BCUT2D eigenvalue weighted by Gasteiger charge is -2.18. The monoisotopic (exact) mass is 467 g/mol. The molecule has 6 nitrogen and oxygen atoms in total. The fourth-order valence-electron chi connectivity index (χ4n) is 3.89. The Balaban J connectivity index is 1.62. The van der Waals surface area contributed by atoms with Crippen LogP contribution in [-0.2, 0) is 6.61 Å². The molecule has 1 aliphatic heterocycles. The van der Waals surface area contributed by atoms with Crippen LogP contribution in [-0.4, -0.2) is 21.3 Å². The van der Waals surface area contributed by atoms with Gasteiger partial charge in [-0.05, 0) is 53.5 Å². The highest BCUT2D eigenvalue weighted by atomic mass is 35.5. The van der Waals surface area contributed by atoms with Crippen molar-refractivity contribution in [3.8, 4) is 0 Å². The maximum Gasteiger partial charge on any atom is 0.276 e. The van der Waals surface area contributed by atoms with Gasteiger partial charge in [0, 0.05) is 32.8 Å². The van der Waals surface area contributed by atoms with Gasteiger partial charge in [0.25, 0.3) is 11.8 Å². The molecule has 3 aromatic carbocycles. The number of hydrogen-bond acceptors (Lipinski definition) is 5. The molecule has 2 heterocycles. The molecule has 1 unspecified atom stereocenters. The zero-order valence-electron chi connectivity index (χ0n) is 16.4. The molecule has 0 radical (unpaired) electrons. The lowest BCUT2D eigenvalue weighted by Crippen LogP contribution is -2.21. The summed E-state index contributed by atoms with van der Waals surface area (Å²) < 4.78 is 19.1. The molecule has 5 rings (SSSR count). The Kier molecular flexibility index (Phi) is 5.13. The van der Waals surface area contributed by atoms with Gasteiger partial charge in [0.2, 0.25) is 0 Å². The van der Waals surface area contributed by atoms with Gasteiger partial charge in [-0.1, -0.05) is 29.8 Å². The summed E-state index contributed by atoms with van der Waals surface area (Å²) in [6.45, 7) is -0.325. The van der Waals surface area contributed by atoms with Gasteiger partial charge in [0.1, 0.15) is 11.5 Å². The zero-order chi connectivity index (χ0) is 22.4. The van der Waals surface area contributed by atoms with Crippen molar-refractivity contribution >= 4 is 50.7 Å². The minimum Gasteiger partial charge on any atom is -0.392 e. The molecule has 3 N–H and O–H groups in total. The van der Waals surface area contributed by atoms with Crippen molar-refractivity contribution in [1.29, 1.82) is 0 Å². The molecule has 9 heteroatoms. The van der Waals surface area contributed by atoms with Crippen molar-refractivity contribution in [1.82, 2.24) is 9.69 Å². The van der Waals surface area contributed by atoms with E-state index in [1.165, 1.54) is 29.7 Å². The lowest BCUT2D eigenvalue weighted by molar-refractivity contribution is 0.0959. The number of rotatable bonds is 4. The molecule has 0 fully saturated rings. The van der Waals surface area contributed by atoms with E-state index in [1.54, 1.807) is 12.1 Å². The number of aliphatic hydroxyl groups is 1. The highest BCUT2D eigenvalue weighted by molar-refractivity contribution is 7.13. The first-order valence-electron chi connectivity index (χ1n) is 9.65. The average Bonchev–Trinajstić information content (AvgIpc) is 3.37. The Labute approximate surface area is 190 Å². The van der Waals surface area contributed by atoms with E-state index in [1.807, 2.05) is 24.3 Å². The molecule has 32 heavy (non-hydrogen) atoms. The Morgan fingerprint density at radius 2 is 2.03 bits per heavy atom. The highest BCUT2D eigenvalue weighted by Crippen LogP contribution is 2.40. The SMILES string of the molecule is O=C1NC(c2cc(F)ccc2Cl)c2c(NC(=O)c3nsc4ccccc34)cc(CO)cc21. The average molecular weight is 468 g/mol. The topological polar surface area (TPSA) is 91.3 Å². The van der Waals surface area contributed by atoms with Crippen LogP contribution in [0.4, 0.5) is 10.1 Å². The summed E-state index contributed by atoms with van der Waals surface area (Å²) in [5, 5.41) is 16.3. The summed E-state index contributed by atoms with van der Waals surface area (Å²) in [5.74, 6) is -1.36. The molecule has 0 spiro atoms. The third-order valence-electron chi connectivity index (χ3n) is 5.34. The summed E-state index contributed by atoms with van der Waals surface area (Å²) in [7, 11) is 0. The minimum atomic E-state index is -0.768. The Hall–Kier alpha value is -3.33. The van der Waals surface area contributed by atoms with Crippen LogP contribution < -0.4 is 10.6 Å². The number of aliphatic hydroxyl groups excluding tert-OH is 1. The van der Waals surface area contributed by atoms with Crippen molar-refractivity contribution in [3.63, 3.8) is 0 Å². The van der Waals surface area contributed by atoms with Crippen molar-refractivity contribution in [2.75, 3.05) is 5.32 Å². The predicted octanol–water partition coefficient (Wildman–Crippen LogP) is 4.67. The Morgan fingerprint density at radius 1 is 1.22 bits per heavy atom. The third-order valence-corrected chi connectivity index (χ3v) is 6.51. The largest absolute Gasteiger partial charge is 0.392 e. The van der Waals surface area contributed by atoms with Gasteiger partial charge >= 0.3 is 0 Å². The van der Waals surface area contributed by atoms with E-state index >= 15 is 0 Å². The fraction of sp³-hybridized carbons (Fsp3) is 0.0870. The van der Waals surface area contributed by atoms with E-state index in [0.717, 1.165) is 4.70 Å². The van der Waals surface area contributed by atoms with E-state index in [9.17, 15) is 19.1 Å². The predicted molar refractivity (Wildman–Crippen MR) is 121 cm³/mol. The second-order valence-electron chi connectivity index (χ2n) is 7.32. The van der Waals surface area contributed by atoms with Crippen molar-refractivity contribution < 1.29 is 19.1 Å². The first-order valence-corrected chi connectivity index (χ1v) is 10.8. The number of benzene rings is 3. The Morgan fingerprint density at radius 3 is 2.84 bits per heavy atom. The normalized spacial score (nSPS) is 15.0. The van der Waals surface area contributed by atoms with Gasteiger partial charge in [0.15, 0.2) is 0 Å². The molecule has 1 aliphatic rings. The minimum absolute atomic E-state index is 0.256. The van der Waals surface area contributed by atoms with Gasteiger partial charge in [-0.25, -0.2) is 4.39 Å². The van der Waals surface area contributed by atoms with Crippen molar-refractivity contribution in [2.45, 2.75) is 12.6 Å². The molecule has 1 aromatic heterocycles. The van der Waals surface area contributed by atoms with E-state index in [4.69, 9.17) is 11.6 Å². The molecule has 0 bridgehead atoms. The molecule has 4 aromatic rings. The number of anilines is 1. The second kappa shape index (κ2) is 7.98. The van der Waals surface area contributed by atoms with E-state index in [-0.39, 0.29) is 22.9 Å². The molecular formula is C23H15ClFN3O3S. The van der Waals surface area contributed by atoms with Gasteiger partial charge in [-0.15, -0.1) is 0 Å². The van der Waals surface area contributed by atoms with Gasteiger partial charge in [0.05, 0.1) is 17.3 Å². The third kappa shape index (κ3) is 3.42. The molecule has 2 amide bonds. The van der Waals surface area contributed by atoms with Crippen molar-refractivity contribution in [2.24, 2.45) is 0 Å². The van der Waals surface area contributed by atoms with Crippen LogP contribution in [0.1, 0.15) is 43.6 Å². The van der Waals surface area contributed by atoms with Gasteiger partial charge in [-0.2, -0.15) is 4.37 Å². The standard InChI is InChI=1S/C23H15ClFN3O3S/c24-16-6-5-12(25)9-14(16)20-19-15(22(30)27-20)7-11(10-29)8-17(19)26-23(31)21-13-3-1-2-4-18(13)32-28-21/h1-9,20,29H,10H2,(H,26,31)(H,27,30). The van der Waals surface area contributed by atoms with Crippen LogP contribution in [0.25, 0.3) is 10.1 Å². The Bertz CT molecular complexity index is 1400. The number of nitrogens with one attached hydrogen (secondary N) is 2. The number of fused-ring (bicyclic) bond motifs is 2. The maximum absolute atomic E-state index is 14.0. The summed E-state index contributed by atoms with van der Waals surface area (Å²) in [6.07, 6.45) is 0. The summed E-state index contributed by atoms with van der Waals surface area (Å²) in [4.78, 5) is 25.8. The lowest BCUT2D eigenvalue weighted by atomic mass is 9.94. The zero-order valence-corrected chi connectivity index (χ0v) is 17.9. The molecule has 1 atom stereocenters. The second-order valence-corrected chi connectivity index (χ2v) is 8.53. The number of hydrogen-bond donors (Lipinski definition) is 3. The first-order chi connectivity index (χ1) is 15.5. The molecule has 0 saturated carbocycles. The molecule has 0 saturated heterocycles. The van der Waals surface area contributed by atoms with Crippen LogP contribution >= 0.6 is 23.1 Å². The van der Waals surface area contributed by atoms with Crippen LogP contribution in [0.5, 0.6) is 0 Å². The van der Waals surface area contributed by atoms with Gasteiger partial charge < -0.3 is 15.7 Å². The van der Waals surface area contributed by atoms with Crippen LogP contribution in [0.15, 0.2) is 54.6 Å². The smallest absolute Gasteiger partial charge is 0.276 e. The number of carbonyl (C=O) groups excluding carboxylic acids is 2. The number of carbonyl (C=O) groups is 2. The van der Waals surface area contributed by atoms with Crippen LogP contribution in [0, 0.1) is 5.82 Å². The molecule has 160 valence electrons. The maximum atomic E-state index is 14.0. The summed E-state index contributed by atoms with van der Waals surface area (Å²) in [6, 6.07) is 13.6. The highest BCUT2D eigenvalue weighted by Gasteiger charge is 2.35. The molecule has 0 aliphatic carbocycles. The van der Waals surface area contributed by atoms with Crippen LogP contribution in [0.2, 0.25) is 5.02 Å². The van der Waals surface area contributed by atoms with E-state index < -0.39 is 23.7 Å². The number of halogens is 2. The number of amides is 2. The number of nitrogens with zero attached hydrogens (tertiary/aromatic N) is 1. The summed E-state index contributed by atoms with van der Waals surface area (Å²) in [5.41, 5.74) is 2.12. The number of aromatic nitrogens is 1. The molecular weight excluding hydrogens is 453 g/mol. The van der Waals surface area contributed by atoms with E-state index in [2.05, 4.69) is 15.0 Å². The quantitative estimate of drug-likeness (QED) is 0.407.